The summed E-state index contributed by atoms with van der Waals surface area (Å²) in [7, 11) is 0. The Bertz CT molecular complexity index is 508. The van der Waals surface area contributed by atoms with Gasteiger partial charge in [-0.15, -0.1) is 0 Å². The summed E-state index contributed by atoms with van der Waals surface area (Å²) in [4.78, 5) is 0. The molecule has 15 heavy (non-hydrogen) atoms. The monoisotopic (exact) mass is 200 g/mol. The Hall–Kier alpha value is -1.79. The number of hydrogen-bond acceptors (Lipinski definition) is 2. The zero-order chi connectivity index (χ0) is 10.7. The van der Waals surface area contributed by atoms with Crippen LogP contribution in [0.4, 0.5) is 0 Å². The zero-order valence-corrected chi connectivity index (χ0v) is 8.35. The Morgan fingerprint density at radius 1 is 1.33 bits per heavy atom. The van der Waals surface area contributed by atoms with E-state index in [4.69, 9.17) is 10.4 Å². The molecule has 0 spiro atoms. The predicted octanol–water partition coefficient (Wildman–Crippen LogP) is 1.90. The van der Waals surface area contributed by atoms with Gasteiger partial charge in [-0.05, 0) is 30.7 Å². The number of aromatic nitrogens is 1. The molecule has 76 valence electrons. The maximum atomic E-state index is 8.76. The van der Waals surface area contributed by atoms with Crippen LogP contribution >= 0.6 is 0 Å². The second-order valence-electron chi connectivity index (χ2n) is 3.47. The van der Waals surface area contributed by atoms with Gasteiger partial charge in [0, 0.05) is 30.3 Å². The Morgan fingerprint density at radius 2 is 2.20 bits per heavy atom. The Kier molecular flexibility index (Phi) is 2.70. The highest BCUT2D eigenvalue weighted by molar-refractivity contribution is 5.81. The number of fused-ring (bicyclic) bond motifs is 1. The molecule has 0 saturated carbocycles. The van der Waals surface area contributed by atoms with Crippen molar-refractivity contribution in [2.45, 2.75) is 13.0 Å². The summed E-state index contributed by atoms with van der Waals surface area (Å²) in [5, 5.41) is 18.6. The number of nitriles is 1. The lowest BCUT2D eigenvalue weighted by Crippen LogP contribution is -1.97. The van der Waals surface area contributed by atoms with Crippen LogP contribution in [0.15, 0.2) is 30.5 Å². The summed E-state index contributed by atoms with van der Waals surface area (Å²) >= 11 is 0. The van der Waals surface area contributed by atoms with E-state index < -0.39 is 0 Å². The highest BCUT2D eigenvalue weighted by atomic mass is 16.3. The third kappa shape index (κ3) is 1.85. The van der Waals surface area contributed by atoms with Crippen LogP contribution in [0, 0.1) is 11.3 Å². The molecule has 0 aliphatic heterocycles. The molecule has 2 aromatic rings. The summed E-state index contributed by atoms with van der Waals surface area (Å²) < 4.78 is 2.09. The first-order valence-electron chi connectivity index (χ1n) is 4.95. The molecule has 3 heteroatoms. The van der Waals surface area contributed by atoms with E-state index >= 15 is 0 Å². The van der Waals surface area contributed by atoms with Gasteiger partial charge in [0.05, 0.1) is 11.6 Å². The minimum Gasteiger partial charge on any atom is -0.396 e. The SMILES string of the molecule is N#Cc1ccc2c(ccn2CCCO)c1. The first-order chi connectivity index (χ1) is 7.35. The number of benzene rings is 1. The molecule has 0 bridgehead atoms. The molecule has 0 unspecified atom stereocenters. The molecule has 0 atom stereocenters. The number of aryl methyl sites for hydroxylation is 1. The zero-order valence-electron chi connectivity index (χ0n) is 8.35. The normalized spacial score (nSPS) is 10.4. The molecule has 0 aliphatic rings. The first-order valence-corrected chi connectivity index (χ1v) is 4.95. The maximum absolute atomic E-state index is 8.76. The van der Waals surface area contributed by atoms with Crippen molar-refractivity contribution in [1.82, 2.24) is 4.57 Å². The largest absolute Gasteiger partial charge is 0.396 e. The van der Waals surface area contributed by atoms with Gasteiger partial charge in [-0.25, -0.2) is 0 Å². The van der Waals surface area contributed by atoms with E-state index in [1.807, 2.05) is 30.5 Å². The van der Waals surface area contributed by atoms with E-state index in [0.717, 1.165) is 23.9 Å². The minimum absolute atomic E-state index is 0.204. The molecular formula is C12H12N2O. The van der Waals surface area contributed by atoms with E-state index in [-0.39, 0.29) is 6.61 Å². The molecule has 0 amide bonds. The van der Waals surface area contributed by atoms with Crippen molar-refractivity contribution in [3.05, 3.63) is 36.0 Å². The third-order valence-electron chi connectivity index (χ3n) is 2.46. The van der Waals surface area contributed by atoms with Crippen molar-refractivity contribution in [1.29, 1.82) is 5.26 Å². The van der Waals surface area contributed by atoms with Crippen LogP contribution in [0.1, 0.15) is 12.0 Å². The van der Waals surface area contributed by atoms with Crippen molar-refractivity contribution in [2.75, 3.05) is 6.61 Å². The third-order valence-corrected chi connectivity index (χ3v) is 2.46. The van der Waals surface area contributed by atoms with Crippen LogP contribution in [-0.2, 0) is 6.54 Å². The second-order valence-corrected chi connectivity index (χ2v) is 3.47. The summed E-state index contributed by atoms with van der Waals surface area (Å²) in [6.07, 6.45) is 2.74. The summed E-state index contributed by atoms with van der Waals surface area (Å²) in [6.45, 7) is 1.02. The minimum atomic E-state index is 0.204. The average molecular weight is 200 g/mol. The maximum Gasteiger partial charge on any atom is 0.0991 e. The van der Waals surface area contributed by atoms with Crippen LogP contribution in [0.2, 0.25) is 0 Å². The molecule has 1 aromatic carbocycles. The number of hydrogen-bond donors (Lipinski definition) is 1. The molecule has 1 N–H and O–H groups in total. The van der Waals surface area contributed by atoms with E-state index in [9.17, 15) is 0 Å². The van der Waals surface area contributed by atoms with Crippen LogP contribution < -0.4 is 0 Å². The lowest BCUT2D eigenvalue weighted by molar-refractivity contribution is 0.280. The van der Waals surface area contributed by atoms with E-state index in [2.05, 4.69) is 10.6 Å². The quantitative estimate of drug-likeness (QED) is 0.822. The lowest BCUT2D eigenvalue weighted by Gasteiger charge is -2.03. The van der Waals surface area contributed by atoms with Crippen LogP contribution in [0.3, 0.4) is 0 Å². The second kappa shape index (κ2) is 4.16. The number of rotatable bonds is 3. The molecular weight excluding hydrogens is 188 g/mol. The fourth-order valence-corrected chi connectivity index (χ4v) is 1.71. The van der Waals surface area contributed by atoms with Gasteiger partial charge in [-0.2, -0.15) is 5.26 Å². The lowest BCUT2D eigenvalue weighted by atomic mass is 10.2. The summed E-state index contributed by atoms with van der Waals surface area (Å²) in [5.74, 6) is 0. The summed E-state index contributed by atoms with van der Waals surface area (Å²) in [5.41, 5.74) is 1.80. The van der Waals surface area contributed by atoms with E-state index in [1.165, 1.54) is 0 Å². The molecule has 3 nitrogen and oxygen atoms in total. The number of nitrogens with zero attached hydrogens (tertiary/aromatic N) is 2. The van der Waals surface area contributed by atoms with Gasteiger partial charge in [0.25, 0.3) is 0 Å². The van der Waals surface area contributed by atoms with Gasteiger partial charge in [0.15, 0.2) is 0 Å². The van der Waals surface area contributed by atoms with E-state index in [0.29, 0.717) is 5.56 Å². The fraction of sp³-hybridized carbons (Fsp3) is 0.250. The van der Waals surface area contributed by atoms with Gasteiger partial charge < -0.3 is 9.67 Å². The highest BCUT2D eigenvalue weighted by Gasteiger charge is 2.01. The predicted molar refractivity (Wildman–Crippen MR) is 58.4 cm³/mol. The smallest absolute Gasteiger partial charge is 0.0991 e. The van der Waals surface area contributed by atoms with Crippen molar-refractivity contribution in [3.8, 4) is 6.07 Å². The number of aliphatic hydroxyl groups excluding tert-OH is 1. The van der Waals surface area contributed by atoms with Crippen LogP contribution in [0.25, 0.3) is 10.9 Å². The van der Waals surface area contributed by atoms with Crippen LogP contribution in [0.5, 0.6) is 0 Å². The van der Waals surface area contributed by atoms with Crippen LogP contribution in [-0.4, -0.2) is 16.3 Å². The average Bonchev–Trinajstić information content (AvgIpc) is 2.68. The van der Waals surface area contributed by atoms with E-state index in [1.54, 1.807) is 0 Å². The highest BCUT2D eigenvalue weighted by Crippen LogP contribution is 2.17. The standard InChI is InChI=1S/C12H12N2O/c13-9-10-2-3-12-11(8-10)4-6-14(12)5-1-7-15/h2-4,6,8,15H,1,5,7H2. The van der Waals surface area contributed by atoms with Crippen molar-refractivity contribution in [3.63, 3.8) is 0 Å². The number of aliphatic hydroxyl groups is 1. The molecule has 0 aliphatic carbocycles. The molecule has 0 radical (unpaired) electrons. The van der Waals surface area contributed by atoms with Gasteiger partial charge in [-0.3, -0.25) is 0 Å². The van der Waals surface area contributed by atoms with Crippen molar-refractivity contribution < 1.29 is 5.11 Å². The Labute approximate surface area is 88.2 Å². The molecule has 0 fully saturated rings. The fourth-order valence-electron chi connectivity index (χ4n) is 1.71. The van der Waals surface area contributed by atoms with Gasteiger partial charge in [0.2, 0.25) is 0 Å². The molecule has 0 saturated heterocycles. The van der Waals surface area contributed by atoms with Gasteiger partial charge in [-0.1, -0.05) is 0 Å². The topological polar surface area (TPSA) is 49.0 Å². The van der Waals surface area contributed by atoms with Gasteiger partial charge >= 0.3 is 0 Å². The first kappa shape index (κ1) is 9.75. The summed E-state index contributed by atoms with van der Waals surface area (Å²) in [6, 6.07) is 9.76. The van der Waals surface area contributed by atoms with Gasteiger partial charge in [0.1, 0.15) is 0 Å². The Balaban J connectivity index is 2.39. The molecule has 2 rings (SSSR count). The van der Waals surface area contributed by atoms with Crippen molar-refractivity contribution >= 4 is 10.9 Å². The van der Waals surface area contributed by atoms with Crippen molar-refractivity contribution in [2.24, 2.45) is 0 Å². The molecule has 1 aromatic heterocycles. The Morgan fingerprint density at radius 3 is 2.93 bits per heavy atom. The molecule has 1 heterocycles.